The van der Waals surface area contributed by atoms with Gasteiger partial charge in [-0.25, -0.2) is 0 Å². The molecule has 3 saturated carbocycles. The maximum Gasteiger partial charge on any atom is -0.0165 e. The maximum absolute atomic E-state index is 2.59. The van der Waals surface area contributed by atoms with E-state index in [1.807, 2.05) is 0 Å². The summed E-state index contributed by atoms with van der Waals surface area (Å²) in [6.45, 7) is 2.46. The van der Waals surface area contributed by atoms with Crippen LogP contribution in [0.25, 0.3) is 0 Å². The standard InChI is InChI=1S/C16H20/c1-8-2-5-11-12-7-13(14(8)11)16-10-4-3-9(6-10)15(12)16/h2-5,8-16H,6-7H2,1H3. The van der Waals surface area contributed by atoms with Crippen molar-refractivity contribution < 1.29 is 0 Å². The van der Waals surface area contributed by atoms with Crippen LogP contribution in [-0.4, -0.2) is 0 Å². The van der Waals surface area contributed by atoms with E-state index in [4.69, 9.17) is 0 Å². The molecule has 0 spiro atoms. The van der Waals surface area contributed by atoms with Crippen molar-refractivity contribution in [3.8, 4) is 0 Å². The Morgan fingerprint density at radius 2 is 1.50 bits per heavy atom. The molecule has 0 N–H and O–H groups in total. The number of fused-ring (bicyclic) bond motifs is 12. The lowest BCUT2D eigenvalue weighted by Crippen LogP contribution is -2.36. The Labute approximate surface area is 97.8 Å². The zero-order valence-electron chi connectivity index (χ0n) is 9.92. The van der Waals surface area contributed by atoms with Gasteiger partial charge in [0.25, 0.3) is 0 Å². The molecule has 5 aliphatic rings. The van der Waals surface area contributed by atoms with Gasteiger partial charge in [0, 0.05) is 0 Å². The van der Waals surface area contributed by atoms with Crippen molar-refractivity contribution >= 4 is 0 Å². The van der Waals surface area contributed by atoms with Crippen molar-refractivity contribution in [1.82, 2.24) is 0 Å². The Balaban J connectivity index is 1.61. The zero-order valence-corrected chi connectivity index (χ0v) is 9.92. The first-order valence-corrected chi connectivity index (χ1v) is 7.21. The number of allylic oxidation sites excluding steroid dienone is 4. The van der Waals surface area contributed by atoms with Gasteiger partial charge in [0.1, 0.15) is 0 Å². The first-order valence-electron chi connectivity index (χ1n) is 7.21. The topological polar surface area (TPSA) is 0 Å². The second kappa shape index (κ2) is 2.49. The minimum Gasteiger partial charge on any atom is -0.0851 e. The van der Waals surface area contributed by atoms with Crippen LogP contribution in [0.5, 0.6) is 0 Å². The highest BCUT2D eigenvalue weighted by atomic mass is 14.7. The Kier molecular flexibility index (Phi) is 1.33. The van der Waals surface area contributed by atoms with E-state index in [1.54, 1.807) is 6.42 Å². The van der Waals surface area contributed by atoms with Gasteiger partial charge in [0.05, 0.1) is 0 Å². The summed E-state index contributed by atoms with van der Waals surface area (Å²) in [6.07, 6.45) is 13.3. The van der Waals surface area contributed by atoms with Crippen molar-refractivity contribution in [2.24, 2.45) is 53.3 Å². The van der Waals surface area contributed by atoms with Crippen LogP contribution in [0.1, 0.15) is 19.8 Å². The van der Waals surface area contributed by atoms with Crippen LogP contribution in [0.3, 0.4) is 0 Å². The fourth-order valence-corrected chi connectivity index (χ4v) is 6.57. The number of hydrogen-bond acceptors (Lipinski definition) is 0. The summed E-state index contributed by atoms with van der Waals surface area (Å²) in [6, 6.07) is 0. The molecule has 0 aromatic rings. The van der Waals surface area contributed by atoms with Crippen LogP contribution in [0, 0.1) is 53.3 Å². The highest BCUT2D eigenvalue weighted by molar-refractivity contribution is 5.26. The lowest BCUT2D eigenvalue weighted by Gasteiger charge is -2.40. The molecule has 0 amide bonds. The molecular formula is C16H20. The third-order valence-electron chi connectivity index (χ3n) is 6.79. The van der Waals surface area contributed by atoms with Crippen LogP contribution in [0.2, 0.25) is 0 Å². The fourth-order valence-electron chi connectivity index (χ4n) is 6.57. The summed E-state index contributed by atoms with van der Waals surface area (Å²) in [5.41, 5.74) is 0. The Bertz CT molecular complexity index is 404. The van der Waals surface area contributed by atoms with Crippen LogP contribution < -0.4 is 0 Å². The molecule has 5 rings (SSSR count). The highest BCUT2D eigenvalue weighted by Gasteiger charge is 2.65. The third kappa shape index (κ3) is 0.734. The van der Waals surface area contributed by atoms with E-state index in [-0.39, 0.29) is 0 Å². The lowest BCUT2D eigenvalue weighted by molar-refractivity contribution is 0.102. The van der Waals surface area contributed by atoms with E-state index in [1.165, 1.54) is 6.42 Å². The Morgan fingerprint density at radius 3 is 2.31 bits per heavy atom. The van der Waals surface area contributed by atoms with E-state index in [9.17, 15) is 0 Å². The number of hydrogen-bond donors (Lipinski definition) is 0. The van der Waals surface area contributed by atoms with Crippen molar-refractivity contribution in [1.29, 1.82) is 0 Å². The van der Waals surface area contributed by atoms with Crippen molar-refractivity contribution in [3.05, 3.63) is 24.3 Å². The second-order valence-electron chi connectivity index (χ2n) is 7.07. The fraction of sp³-hybridized carbons (Fsp3) is 0.750. The summed E-state index contributed by atoms with van der Waals surface area (Å²) < 4.78 is 0. The second-order valence-corrected chi connectivity index (χ2v) is 7.07. The molecule has 0 aromatic heterocycles. The van der Waals surface area contributed by atoms with Gasteiger partial charge in [-0.05, 0) is 66.1 Å². The minimum absolute atomic E-state index is 0.879. The van der Waals surface area contributed by atoms with Gasteiger partial charge in [0.2, 0.25) is 0 Å². The molecule has 16 heavy (non-hydrogen) atoms. The molecule has 0 heteroatoms. The normalized spacial score (nSPS) is 67.9. The first-order chi connectivity index (χ1) is 7.84. The van der Waals surface area contributed by atoms with Crippen LogP contribution in [0.4, 0.5) is 0 Å². The van der Waals surface area contributed by atoms with Crippen LogP contribution in [0.15, 0.2) is 24.3 Å². The molecule has 0 nitrogen and oxygen atoms in total. The van der Waals surface area contributed by atoms with Crippen molar-refractivity contribution in [2.45, 2.75) is 19.8 Å². The number of rotatable bonds is 0. The van der Waals surface area contributed by atoms with Crippen LogP contribution in [-0.2, 0) is 0 Å². The molecule has 0 radical (unpaired) electrons. The van der Waals surface area contributed by atoms with Gasteiger partial charge in [0.15, 0.2) is 0 Å². The summed E-state index contributed by atoms with van der Waals surface area (Å²) in [5, 5.41) is 0. The molecule has 0 aliphatic heterocycles. The van der Waals surface area contributed by atoms with Gasteiger partial charge >= 0.3 is 0 Å². The van der Waals surface area contributed by atoms with Crippen molar-refractivity contribution in [2.75, 3.05) is 0 Å². The summed E-state index contributed by atoms with van der Waals surface area (Å²) >= 11 is 0. The molecule has 5 aliphatic carbocycles. The van der Waals surface area contributed by atoms with Gasteiger partial charge in [-0.2, -0.15) is 0 Å². The third-order valence-corrected chi connectivity index (χ3v) is 6.79. The Hall–Kier alpha value is -0.520. The van der Waals surface area contributed by atoms with Crippen LogP contribution >= 0.6 is 0 Å². The largest absolute Gasteiger partial charge is 0.0851 e. The molecule has 0 heterocycles. The quantitative estimate of drug-likeness (QED) is 0.426. The highest BCUT2D eigenvalue weighted by Crippen LogP contribution is 2.71. The average molecular weight is 212 g/mol. The van der Waals surface area contributed by atoms with E-state index in [2.05, 4.69) is 31.2 Å². The molecule has 3 fully saturated rings. The molecule has 0 saturated heterocycles. The van der Waals surface area contributed by atoms with Gasteiger partial charge in [-0.15, -0.1) is 0 Å². The zero-order chi connectivity index (χ0) is 10.4. The van der Waals surface area contributed by atoms with Gasteiger partial charge < -0.3 is 0 Å². The van der Waals surface area contributed by atoms with E-state index < -0.39 is 0 Å². The Morgan fingerprint density at radius 1 is 0.750 bits per heavy atom. The summed E-state index contributed by atoms with van der Waals surface area (Å²) in [5.74, 6) is 9.22. The smallest absolute Gasteiger partial charge is 0.0165 e. The van der Waals surface area contributed by atoms with E-state index >= 15 is 0 Å². The maximum atomic E-state index is 2.59. The molecule has 0 aromatic carbocycles. The van der Waals surface area contributed by atoms with E-state index in [0.29, 0.717) is 0 Å². The predicted octanol–water partition coefficient (Wildman–Crippen LogP) is 3.51. The van der Waals surface area contributed by atoms with Gasteiger partial charge in [-0.1, -0.05) is 31.2 Å². The molecular weight excluding hydrogens is 192 g/mol. The lowest BCUT2D eigenvalue weighted by atomic mass is 9.64. The first kappa shape index (κ1) is 8.55. The molecule has 84 valence electrons. The monoisotopic (exact) mass is 212 g/mol. The SMILES string of the molecule is CC1C=CC2C3CC(C12)C1C2C=CC(C2)C31. The molecule has 4 bridgehead atoms. The minimum atomic E-state index is 0.879. The van der Waals surface area contributed by atoms with Gasteiger partial charge in [-0.3, -0.25) is 0 Å². The van der Waals surface area contributed by atoms with E-state index in [0.717, 1.165) is 53.3 Å². The molecule has 9 atom stereocenters. The summed E-state index contributed by atoms with van der Waals surface area (Å²) in [4.78, 5) is 0. The molecule has 9 unspecified atom stereocenters. The average Bonchev–Trinajstić information content (AvgIpc) is 2.99. The van der Waals surface area contributed by atoms with Crippen molar-refractivity contribution in [3.63, 3.8) is 0 Å². The predicted molar refractivity (Wildman–Crippen MR) is 64.6 cm³/mol. The summed E-state index contributed by atoms with van der Waals surface area (Å²) in [7, 11) is 0.